The summed E-state index contributed by atoms with van der Waals surface area (Å²) in [5, 5.41) is 15.1. The molecule has 2 aromatic rings. The molecule has 2 N–H and O–H groups in total. The highest BCUT2D eigenvalue weighted by Crippen LogP contribution is 2.37. The molecule has 0 atom stereocenters. The number of aromatic nitrogens is 3. The summed E-state index contributed by atoms with van der Waals surface area (Å²) in [5.74, 6) is 0.188. The molecule has 0 saturated heterocycles. The van der Waals surface area contributed by atoms with Crippen molar-refractivity contribution in [1.29, 1.82) is 5.26 Å². The van der Waals surface area contributed by atoms with E-state index in [-0.39, 0.29) is 16.9 Å². The highest BCUT2D eigenvalue weighted by molar-refractivity contribution is 5.94. The van der Waals surface area contributed by atoms with Crippen molar-refractivity contribution in [3.05, 3.63) is 75.4 Å². The van der Waals surface area contributed by atoms with Gasteiger partial charge in [0.25, 0.3) is 11.5 Å². The molecule has 8 heteroatoms. The quantitative estimate of drug-likeness (QED) is 0.414. The Hall–Kier alpha value is -3.70. The number of carbonyl (C=O) groups is 1. The number of H-pyrrole nitrogens is 1. The average molecular weight is 476 g/mol. The molecule has 0 aromatic carbocycles. The van der Waals surface area contributed by atoms with E-state index >= 15 is 0 Å². The van der Waals surface area contributed by atoms with Crippen LogP contribution in [0.3, 0.4) is 0 Å². The van der Waals surface area contributed by atoms with Crippen molar-refractivity contribution in [3.8, 4) is 11.9 Å². The number of allylic oxidation sites excluding steroid dienone is 6. The molecule has 1 saturated carbocycles. The molecule has 1 fully saturated rings. The Morgan fingerprint density at radius 2 is 2.06 bits per heavy atom. The van der Waals surface area contributed by atoms with Gasteiger partial charge in [0.15, 0.2) is 5.82 Å². The van der Waals surface area contributed by atoms with Gasteiger partial charge < -0.3 is 10.1 Å². The molecule has 1 aliphatic rings. The Morgan fingerprint density at radius 1 is 1.31 bits per heavy atom. The van der Waals surface area contributed by atoms with Crippen molar-refractivity contribution in [2.75, 3.05) is 20.3 Å². The van der Waals surface area contributed by atoms with Gasteiger partial charge in [0.1, 0.15) is 0 Å². The number of ether oxygens (including phenoxy) is 1. The number of carbonyl (C=O) groups excluding carboxylic acids is 1. The van der Waals surface area contributed by atoms with E-state index in [1.807, 2.05) is 13.8 Å². The number of nitriles is 1. The predicted molar refractivity (Wildman–Crippen MR) is 136 cm³/mol. The Kier molecular flexibility index (Phi) is 8.61. The van der Waals surface area contributed by atoms with Gasteiger partial charge in [-0.3, -0.25) is 14.7 Å². The van der Waals surface area contributed by atoms with Crippen LogP contribution in [0.5, 0.6) is 0 Å². The van der Waals surface area contributed by atoms with E-state index in [0.717, 1.165) is 36.8 Å². The lowest BCUT2D eigenvalue weighted by molar-refractivity contribution is 0.0740. The van der Waals surface area contributed by atoms with Crippen molar-refractivity contribution < 1.29 is 9.53 Å². The maximum Gasteiger partial charge on any atom is 0.280 e. The van der Waals surface area contributed by atoms with Gasteiger partial charge in [-0.15, -0.1) is 0 Å². The fourth-order valence-electron chi connectivity index (χ4n) is 4.46. The average Bonchev–Trinajstić information content (AvgIpc) is 3.48. The zero-order chi connectivity index (χ0) is 25.4. The summed E-state index contributed by atoms with van der Waals surface area (Å²) < 4.78 is 6.73. The minimum absolute atomic E-state index is 0.00371. The van der Waals surface area contributed by atoms with Crippen molar-refractivity contribution >= 4 is 11.5 Å². The largest absolute Gasteiger partial charge is 0.384 e. The third-order valence-electron chi connectivity index (χ3n) is 6.45. The monoisotopic (exact) mass is 475 g/mol. The number of amides is 1. The lowest BCUT2D eigenvalue weighted by atomic mass is 9.87. The fourth-order valence-corrected chi connectivity index (χ4v) is 4.46. The number of hydrogen-bond donors (Lipinski definition) is 2. The van der Waals surface area contributed by atoms with Crippen LogP contribution >= 0.6 is 0 Å². The number of hydrogen-bond acceptors (Lipinski definition) is 5. The van der Waals surface area contributed by atoms with Crippen LogP contribution < -0.4 is 10.9 Å². The van der Waals surface area contributed by atoms with Gasteiger partial charge in [0, 0.05) is 37.0 Å². The molecule has 0 aliphatic heterocycles. The van der Waals surface area contributed by atoms with Crippen LogP contribution in [0.25, 0.3) is 11.4 Å². The number of nitrogens with one attached hydrogen (secondary N) is 2. The first-order valence-corrected chi connectivity index (χ1v) is 11.8. The Morgan fingerprint density at radius 3 is 2.63 bits per heavy atom. The number of pyridine rings is 1. The molecule has 0 radical (unpaired) electrons. The molecule has 1 aliphatic carbocycles. The van der Waals surface area contributed by atoms with Crippen LogP contribution in [0.1, 0.15) is 62.4 Å². The van der Waals surface area contributed by atoms with E-state index in [0.29, 0.717) is 35.7 Å². The highest BCUT2D eigenvalue weighted by Gasteiger charge is 2.34. The minimum atomic E-state index is -0.266. The van der Waals surface area contributed by atoms with Crippen LogP contribution in [-0.4, -0.2) is 40.9 Å². The summed E-state index contributed by atoms with van der Waals surface area (Å²) in [5.41, 5.74) is 2.82. The molecule has 1 amide bonds. The lowest BCUT2D eigenvalue weighted by Gasteiger charge is -2.28. The fraction of sp³-hybridized carbons (Fsp3) is 0.407. The first kappa shape index (κ1) is 25.9. The lowest BCUT2D eigenvalue weighted by Crippen LogP contribution is -2.38. The summed E-state index contributed by atoms with van der Waals surface area (Å²) in [7, 11) is 1.70. The smallest absolute Gasteiger partial charge is 0.280 e. The van der Waals surface area contributed by atoms with Crippen molar-refractivity contribution in [2.45, 2.75) is 46.5 Å². The molecule has 3 rings (SSSR count). The second-order valence-electron chi connectivity index (χ2n) is 9.16. The minimum Gasteiger partial charge on any atom is -0.384 e. The Balaban J connectivity index is 1.76. The molecule has 184 valence electrons. The van der Waals surface area contributed by atoms with Crippen LogP contribution in [-0.2, 0) is 4.74 Å². The number of rotatable bonds is 9. The first-order chi connectivity index (χ1) is 16.8. The predicted octanol–water partition coefficient (Wildman–Crippen LogP) is 4.32. The normalized spacial score (nSPS) is 15.2. The maximum atomic E-state index is 13.1. The molecular formula is C27H33N5O3. The third-order valence-corrected chi connectivity index (χ3v) is 6.45. The molecule has 0 spiro atoms. The van der Waals surface area contributed by atoms with Crippen LogP contribution in [0.15, 0.2) is 58.7 Å². The Labute approximate surface area is 206 Å². The number of nitrogens with zero attached hydrogens (tertiary/aromatic N) is 3. The highest BCUT2D eigenvalue weighted by atomic mass is 16.5. The topological polar surface area (TPSA) is 113 Å². The van der Waals surface area contributed by atoms with Gasteiger partial charge in [-0.1, -0.05) is 30.6 Å². The van der Waals surface area contributed by atoms with E-state index in [9.17, 15) is 9.59 Å². The van der Waals surface area contributed by atoms with Gasteiger partial charge in [0.2, 0.25) is 0 Å². The second-order valence-corrected chi connectivity index (χ2v) is 9.16. The van der Waals surface area contributed by atoms with Crippen LogP contribution in [0.4, 0.5) is 0 Å². The zero-order valence-corrected chi connectivity index (χ0v) is 20.9. The van der Waals surface area contributed by atoms with Gasteiger partial charge in [-0.05, 0) is 57.4 Å². The Bertz CT molecular complexity index is 1230. The summed E-state index contributed by atoms with van der Waals surface area (Å²) in [4.78, 5) is 30.2. The number of aromatic amines is 1. The summed E-state index contributed by atoms with van der Waals surface area (Å²) in [6.45, 7) is 6.81. The van der Waals surface area contributed by atoms with Gasteiger partial charge in [-0.2, -0.15) is 5.26 Å². The second kappa shape index (κ2) is 11.6. The third kappa shape index (κ3) is 6.06. The summed E-state index contributed by atoms with van der Waals surface area (Å²) >= 11 is 0. The molecule has 8 nitrogen and oxygen atoms in total. The van der Waals surface area contributed by atoms with E-state index < -0.39 is 0 Å². The standard InChI is InChI=1S/C27H33N5O3/c1-5-20(14-28)8-10-22(19(2)3)23-16-31-32(26(23)34)24-11-9-21(15-29-24)25(33)30-17-27(18-35-4)12-6-7-13-27/h5,8-11,15-16,31H,6-7,12-13,17-18H2,1-4H3,(H,30,33)/b10-8-,20-5+. The van der Waals surface area contributed by atoms with E-state index in [4.69, 9.17) is 10.00 Å². The van der Waals surface area contributed by atoms with E-state index in [1.165, 1.54) is 10.9 Å². The molecule has 0 unspecified atom stereocenters. The van der Waals surface area contributed by atoms with Gasteiger partial charge >= 0.3 is 0 Å². The molecule has 2 aromatic heterocycles. The van der Waals surface area contributed by atoms with Gasteiger partial charge in [0.05, 0.1) is 23.8 Å². The molecule has 2 heterocycles. The summed E-state index contributed by atoms with van der Waals surface area (Å²) in [6, 6.07) is 5.41. The summed E-state index contributed by atoms with van der Waals surface area (Å²) in [6.07, 6.45) is 12.7. The SMILES string of the molecule is C/C=C(C#N)\C=C/C(=C(C)C)c1c[nH]n(-c2ccc(C(=O)NCC3(COC)CCCC3)cn2)c1=O. The van der Waals surface area contributed by atoms with Crippen molar-refractivity contribution in [2.24, 2.45) is 5.41 Å². The number of methoxy groups -OCH3 is 1. The van der Waals surface area contributed by atoms with Gasteiger partial charge in [-0.25, -0.2) is 9.67 Å². The molecule has 0 bridgehead atoms. The molecular weight excluding hydrogens is 442 g/mol. The van der Waals surface area contributed by atoms with Crippen LogP contribution in [0, 0.1) is 16.7 Å². The maximum absolute atomic E-state index is 13.1. The first-order valence-electron chi connectivity index (χ1n) is 11.8. The van der Waals surface area contributed by atoms with Crippen molar-refractivity contribution in [1.82, 2.24) is 20.1 Å². The van der Waals surface area contributed by atoms with Crippen LogP contribution in [0.2, 0.25) is 0 Å². The zero-order valence-electron chi connectivity index (χ0n) is 20.9. The van der Waals surface area contributed by atoms with E-state index in [2.05, 4.69) is 21.5 Å². The van der Waals surface area contributed by atoms with E-state index in [1.54, 1.807) is 50.6 Å². The van der Waals surface area contributed by atoms with Crippen molar-refractivity contribution in [3.63, 3.8) is 0 Å². The molecule has 35 heavy (non-hydrogen) atoms.